The molecule has 34 heavy (non-hydrogen) atoms. The van der Waals surface area contributed by atoms with Gasteiger partial charge in [0, 0.05) is 6.54 Å². The van der Waals surface area contributed by atoms with Crippen LogP contribution < -0.4 is 19.5 Å². The Labute approximate surface area is 202 Å². The Morgan fingerprint density at radius 3 is 2.41 bits per heavy atom. The van der Waals surface area contributed by atoms with Crippen molar-refractivity contribution in [1.29, 1.82) is 0 Å². The van der Waals surface area contributed by atoms with Crippen LogP contribution in [0.15, 0.2) is 42.5 Å². The maximum absolute atomic E-state index is 13.0. The average molecular weight is 495 g/mol. The van der Waals surface area contributed by atoms with Crippen LogP contribution in [0.5, 0.6) is 11.5 Å². The van der Waals surface area contributed by atoms with Crippen LogP contribution in [0.25, 0.3) is 0 Å². The van der Waals surface area contributed by atoms with Gasteiger partial charge in [-0.05, 0) is 61.4 Å². The van der Waals surface area contributed by atoms with Crippen molar-refractivity contribution in [3.8, 4) is 11.5 Å². The molecule has 0 fully saturated rings. The molecule has 7 nitrogen and oxygen atoms in total. The highest BCUT2D eigenvalue weighted by Gasteiger charge is 2.26. The van der Waals surface area contributed by atoms with Crippen LogP contribution in [0, 0.1) is 11.7 Å². The lowest BCUT2D eigenvalue weighted by Gasteiger charge is -2.21. The molecule has 0 bridgehead atoms. The fourth-order valence-corrected chi connectivity index (χ4v) is 4.35. The standard InChI is InChI=1S/C25H35FN2O5S/c1-5-34(30,31)28-23(18(2)3)25(29)27-16-15-20-9-6-10-22(24(20)32-4)33-17-7-8-19-11-13-21(26)14-12-19/h6,9-14,18,23,28H,5,7-8,15-17H2,1-4H3,(H,27,29). The number of carbonyl (C=O) groups excluding carboxylic acids is 1. The van der Waals surface area contributed by atoms with Gasteiger partial charge in [0.15, 0.2) is 11.5 Å². The largest absolute Gasteiger partial charge is 0.493 e. The zero-order valence-corrected chi connectivity index (χ0v) is 21.1. The number of sulfonamides is 1. The zero-order chi connectivity index (χ0) is 25.1. The number of ether oxygens (including phenoxy) is 2. The molecule has 1 unspecified atom stereocenters. The average Bonchev–Trinajstić information content (AvgIpc) is 2.81. The minimum absolute atomic E-state index is 0.0859. The third kappa shape index (κ3) is 8.61. The molecule has 1 amide bonds. The molecule has 0 aliphatic rings. The van der Waals surface area contributed by atoms with Crippen LogP contribution in [0.3, 0.4) is 0 Å². The van der Waals surface area contributed by atoms with Crippen molar-refractivity contribution in [2.75, 3.05) is 26.0 Å². The molecular formula is C25H35FN2O5S. The summed E-state index contributed by atoms with van der Waals surface area (Å²) in [6.45, 7) is 5.91. The molecule has 2 N–H and O–H groups in total. The number of carbonyl (C=O) groups is 1. The van der Waals surface area contributed by atoms with Crippen molar-refractivity contribution in [3.05, 3.63) is 59.4 Å². The molecular weight excluding hydrogens is 459 g/mol. The van der Waals surface area contributed by atoms with E-state index in [4.69, 9.17) is 9.47 Å². The summed E-state index contributed by atoms with van der Waals surface area (Å²) in [6.07, 6.45) is 2.03. The van der Waals surface area contributed by atoms with E-state index in [2.05, 4.69) is 10.0 Å². The molecule has 9 heteroatoms. The van der Waals surface area contributed by atoms with Crippen LogP contribution in [-0.4, -0.2) is 46.4 Å². The highest BCUT2D eigenvalue weighted by molar-refractivity contribution is 7.89. The number of benzene rings is 2. The van der Waals surface area contributed by atoms with Gasteiger partial charge in [0.05, 0.1) is 19.5 Å². The van der Waals surface area contributed by atoms with E-state index in [9.17, 15) is 17.6 Å². The third-order valence-corrected chi connectivity index (χ3v) is 6.75. The number of para-hydroxylation sites is 1. The van der Waals surface area contributed by atoms with Crippen molar-refractivity contribution < 1.29 is 27.1 Å². The van der Waals surface area contributed by atoms with E-state index in [1.165, 1.54) is 19.1 Å². The second-order valence-electron chi connectivity index (χ2n) is 8.31. The SMILES string of the molecule is CCS(=O)(=O)NC(C(=O)NCCc1cccc(OCCCc2ccc(F)cc2)c1OC)C(C)C. The second-order valence-corrected chi connectivity index (χ2v) is 10.4. The maximum atomic E-state index is 13.0. The number of aryl methyl sites for hydroxylation is 1. The molecule has 2 aromatic carbocycles. The molecule has 0 aliphatic carbocycles. The lowest BCUT2D eigenvalue weighted by atomic mass is 10.0. The van der Waals surface area contributed by atoms with E-state index < -0.39 is 16.1 Å². The van der Waals surface area contributed by atoms with Gasteiger partial charge in [0.25, 0.3) is 0 Å². The lowest BCUT2D eigenvalue weighted by molar-refractivity contribution is -0.123. The molecule has 1 atom stereocenters. The van der Waals surface area contributed by atoms with Crippen LogP contribution in [0.1, 0.15) is 38.3 Å². The van der Waals surface area contributed by atoms with Gasteiger partial charge in [-0.25, -0.2) is 17.5 Å². The predicted molar refractivity (Wildman–Crippen MR) is 131 cm³/mol. The van der Waals surface area contributed by atoms with E-state index in [0.717, 1.165) is 24.0 Å². The molecule has 0 aromatic heterocycles. The number of hydrogen-bond acceptors (Lipinski definition) is 5. The molecule has 0 aliphatic heterocycles. The summed E-state index contributed by atoms with van der Waals surface area (Å²) in [5.41, 5.74) is 1.91. The summed E-state index contributed by atoms with van der Waals surface area (Å²) in [6, 6.07) is 11.2. The molecule has 0 radical (unpaired) electrons. The summed E-state index contributed by atoms with van der Waals surface area (Å²) >= 11 is 0. The first-order valence-corrected chi connectivity index (χ1v) is 13.1. The summed E-state index contributed by atoms with van der Waals surface area (Å²) in [5.74, 6) is 0.324. The second kappa shape index (κ2) is 13.3. The molecule has 0 saturated heterocycles. The molecule has 2 aromatic rings. The minimum atomic E-state index is -3.50. The Bertz CT molecular complexity index is 1030. The molecule has 0 saturated carbocycles. The summed E-state index contributed by atoms with van der Waals surface area (Å²) < 4.78 is 50.8. The molecule has 2 rings (SSSR count). The van der Waals surface area contributed by atoms with Gasteiger partial charge in [-0.3, -0.25) is 4.79 Å². The molecule has 188 valence electrons. The van der Waals surface area contributed by atoms with E-state index in [0.29, 0.717) is 31.1 Å². The first-order valence-electron chi connectivity index (χ1n) is 11.5. The van der Waals surface area contributed by atoms with Crippen LogP contribution in [0.2, 0.25) is 0 Å². The van der Waals surface area contributed by atoms with Crippen LogP contribution in [-0.2, 0) is 27.7 Å². The van der Waals surface area contributed by atoms with Gasteiger partial charge >= 0.3 is 0 Å². The highest BCUT2D eigenvalue weighted by atomic mass is 32.2. The van der Waals surface area contributed by atoms with Crippen molar-refractivity contribution in [2.45, 2.75) is 46.1 Å². The van der Waals surface area contributed by atoms with Gasteiger partial charge in [-0.15, -0.1) is 0 Å². The first kappa shape index (κ1) is 27.6. The normalized spacial score (nSPS) is 12.4. The van der Waals surface area contributed by atoms with Gasteiger partial charge < -0.3 is 14.8 Å². The number of hydrogen-bond donors (Lipinski definition) is 2. The van der Waals surface area contributed by atoms with Gasteiger partial charge in [0.1, 0.15) is 11.9 Å². The minimum Gasteiger partial charge on any atom is -0.493 e. The topological polar surface area (TPSA) is 93.7 Å². The van der Waals surface area contributed by atoms with Gasteiger partial charge in [-0.2, -0.15) is 0 Å². The van der Waals surface area contributed by atoms with Gasteiger partial charge in [-0.1, -0.05) is 38.1 Å². The summed E-state index contributed by atoms with van der Waals surface area (Å²) in [5, 5.41) is 2.82. The fourth-order valence-electron chi connectivity index (χ4n) is 3.41. The Morgan fingerprint density at radius 2 is 1.79 bits per heavy atom. The Morgan fingerprint density at radius 1 is 1.09 bits per heavy atom. The van der Waals surface area contributed by atoms with Crippen molar-refractivity contribution in [2.24, 2.45) is 5.92 Å². The summed E-state index contributed by atoms with van der Waals surface area (Å²) in [4.78, 5) is 12.6. The van der Waals surface area contributed by atoms with Crippen LogP contribution in [0.4, 0.5) is 4.39 Å². The molecule has 0 spiro atoms. The quantitative estimate of drug-likeness (QED) is 0.392. The number of methoxy groups -OCH3 is 1. The third-order valence-electron chi connectivity index (χ3n) is 5.37. The zero-order valence-electron chi connectivity index (χ0n) is 20.3. The smallest absolute Gasteiger partial charge is 0.238 e. The van der Waals surface area contributed by atoms with E-state index in [1.807, 2.05) is 18.2 Å². The number of nitrogens with one attached hydrogen (secondary N) is 2. The van der Waals surface area contributed by atoms with Crippen molar-refractivity contribution in [3.63, 3.8) is 0 Å². The predicted octanol–water partition coefficient (Wildman–Crippen LogP) is 3.47. The monoisotopic (exact) mass is 494 g/mol. The summed E-state index contributed by atoms with van der Waals surface area (Å²) in [7, 11) is -1.93. The fraction of sp³-hybridized carbons (Fsp3) is 0.480. The number of halogens is 1. The van der Waals surface area contributed by atoms with E-state index in [1.54, 1.807) is 33.1 Å². The highest BCUT2D eigenvalue weighted by Crippen LogP contribution is 2.31. The Balaban J connectivity index is 1.91. The van der Waals surface area contributed by atoms with Crippen LogP contribution >= 0.6 is 0 Å². The van der Waals surface area contributed by atoms with E-state index in [-0.39, 0.29) is 23.4 Å². The Hall–Kier alpha value is -2.65. The van der Waals surface area contributed by atoms with Crippen molar-refractivity contribution >= 4 is 15.9 Å². The van der Waals surface area contributed by atoms with E-state index >= 15 is 0 Å². The van der Waals surface area contributed by atoms with Gasteiger partial charge in [0.2, 0.25) is 15.9 Å². The molecule has 0 heterocycles. The number of amides is 1. The first-order chi connectivity index (χ1) is 16.2. The van der Waals surface area contributed by atoms with Crippen molar-refractivity contribution in [1.82, 2.24) is 10.0 Å². The lowest BCUT2D eigenvalue weighted by Crippen LogP contribution is -2.50. The number of rotatable bonds is 14. The maximum Gasteiger partial charge on any atom is 0.238 e. The Kier molecular flexibility index (Phi) is 10.8.